The van der Waals surface area contributed by atoms with Crippen molar-refractivity contribution in [2.75, 3.05) is 32.2 Å². The van der Waals surface area contributed by atoms with E-state index in [4.69, 9.17) is 23.1 Å². The quantitative estimate of drug-likeness (QED) is 0.379. The Morgan fingerprint density at radius 3 is 2.45 bits per heavy atom. The predicted octanol–water partition coefficient (Wildman–Crippen LogP) is -1.40. The Balaban J connectivity index is 3.07. The van der Waals surface area contributed by atoms with Gasteiger partial charge in [-0.2, -0.15) is 17.7 Å². The lowest BCUT2D eigenvalue weighted by molar-refractivity contribution is 0.0998. The van der Waals surface area contributed by atoms with E-state index in [0.717, 1.165) is 4.31 Å². The van der Waals surface area contributed by atoms with Crippen LogP contribution in [0.3, 0.4) is 0 Å². The van der Waals surface area contributed by atoms with Crippen LogP contribution < -0.4 is 21.5 Å². The number of halogens is 1. The first-order valence-electron chi connectivity index (χ1n) is 5.68. The second-order valence-electron chi connectivity index (χ2n) is 4.04. The van der Waals surface area contributed by atoms with Crippen LogP contribution in [-0.4, -0.2) is 55.7 Å². The molecule has 0 radical (unpaired) electrons. The van der Waals surface area contributed by atoms with Gasteiger partial charge in [0.1, 0.15) is 0 Å². The highest BCUT2D eigenvalue weighted by atomic mass is 35.5. The summed E-state index contributed by atoms with van der Waals surface area (Å²) in [5, 5.41) is 2.54. The molecule has 13 heteroatoms. The molecule has 0 spiro atoms. The number of rotatable bonds is 4. The van der Waals surface area contributed by atoms with Gasteiger partial charge >= 0.3 is 16.1 Å². The molecule has 1 aromatic rings. The number of nitrogens with zero attached hydrogens (tertiary/aromatic N) is 4. The van der Waals surface area contributed by atoms with Gasteiger partial charge in [0.05, 0.1) is 0 Å². The minimum absolute atomic E-state index is 0.0947. The molecule has 11 nitrogen and oxygen atoms in total. The molecule has 1 heterocycles. The zero-order chi connectivity index (χ0) is 17.1. The molecule has 0 fully saturated rings. The number of anilines is 2. The molecule has 22 heavy (non-hydrogen) atoms. The van der Waals surface area contributed by atoms with Crippen molar-refractivity contribution in [1.29, 1.82) is 0 Å². The number of carbonyl (C=O) groups excluding carboxylic acids is 1. The highest BCUT2D eigenvalue weighted by Crippen LogP contribution is 2.20. The van der Waals surface area contributed by atoms with Gasteiger partial charge in [-0.15, -0.1) is 0 Å². The Hall–Kier alpha value is -2.18. The smallest absolute Gasteiger partial charge is 0.303 e. The molecular formula is C9H15ClN8O3S. The summed E-state index contributed by atoms with van der Waals surface area (Å²) < 4.78 is 25.8. The van der Waals surface area contributed by atoms with Crippen LogP contribution in [0, 0.1) is 0 Å². The molecule has 0 aliphatic rings. The summed E-state index contributed by atoms with van der Waals surface area (Å²) in [6, 6.07) is 0. The molecule has 122 valence electrons. The highest BCUT2D eigenvalue weighted by Gasteiger charge is 2.19. The Labute approximate surface area is 131 Å². The molecule has 0 bridgehead atoms. The summed E-state index contributed by atoms with van der Waals surface area (Å²) in [5.74, 6) is -1.69. The summed E-state index contributed by atoms with van der Waals surface area (Å²) in [5.41, 5.74) is 10.6. The van der Waals surface area contributed by atoms with E-state index in [1.807, 2.05) is 4.72 Å². The van der Waals surface area contributed by atoms with E-state index in [2.05, 4.69) is 20.3 Å². The first-order chi connectivity index (χ1) is 10.1. The molecule has 0 aromatic carbocycles. The second kappa shape index (κ2) is 6.72. The molecule has 0 unspecified atom stereocenters. The molecule has 1 aromatic heterocycles. The van der Waals surface area contributed by atoms with Crippen LogP contribution in [0.5, 0.6) is 0 Å². The van der Waals surface area contributed by atoms with Gasteiger partial charge in [-0.1, -0.05) is 11.6 Å². The number of guanidine groups is 1. The van der Waals surface area contributed by atoms with E-state index in [9.17, 15) is 13.2 Å². The van der Waals surface area contributed by atoms with Crippen molar-refractivity contribution in [3.05, 3.63) is 10.8 Å². The standard InChI is InChI=1S/C9H15ClN8O3S/c1-13-7-5(10)14-4(6(11)15-7)8(19)16-9(12)17-22(20,21)18(2)3/h1-3H3,(H3,11,13,15)(H3,12,16,17,19). The van der Waals surface area contributed by atoms with Gasteiger partial charge in [-0.3, -0.25) is 4.79 Å². The SMILES string of the molecule is CNc1nc(N)c(C(=O)/N=C(/N)NS(=O)(=O)N(C)C)nc1Cl. The third-order valence-corrected chi connectivity index (χ3v) is 3.95. The molecular weight excluding hydrogens is 336 g/mol. The van der Waals surface area contributed by atoms with E-state index >= 15 is 0 Å². The summed E-state index contributed by atoms with van der Waals surface area (Å²) in [6.45, 7) is 0. The van der Waals surface area contributed by atoms with Gasteiger partial charge in [-0.25, -0.2) is 14.7 Å². The highest BCUT2D eigenvalue weighted by molar-refractivity contribution is 7.87. The first-order valence-corrected chi connectivity index (χ1v) is 7.49. The molecule has 0 aliphatic heterocycles. The zero-order valence-corrected chi connectivity index (χ0v) is 13.5. The average Bonchev–Trinajstić information content (AvgIpc) is 2.39. The number of aromatic nitrogens is 2. The fourth-order valence-corrected chi connectivity index (χ4v) is 1.87. The predicted molar refractivity (Wildman–Crippen MR) is 82.7 cm³/mol. The van der Waals surface area contributed by atoms with Gasteiger partial charge in [0.25, 0.3) is 0 Å². The van der Waals surface area contributed by atoms with Crippen molar-refractivity contribution < 1.29 is 13.2 Å². The molecule has 0 saturated heterocycles. The number of hydrogen-bond acceptors (Lipinski definition) is 7. The van der Waals surface area contributed by atoms with Crippen molar-refractivity contribution >= 4 is 45.3 Å². The number of amides is 1. The maximum atomic E-state index is 11.9. The van der Waals surface area contributed by atoms with Gasteiger partial charge < -0.3 is 16.8 Å². The van der Waals surface area contributed by atoms with Crippen LogP contribution >= 0.6 is 11.6 Å². The van der Waals surface area contributed by atoms with Gasteiger partial charge in [-0.05, 0) is 0 Å². The lowest BCUT2D eigenvalue weighted by atomic mass is 10.4. The number of hydrogen-bond donors (Lipinski definition) is 4. The third kappa shape index (κ3) is 4.16. The van der Waals surface area contributed by atoms with Crippen LogP contribution in [0.2, 0.25) is 5.15 Å². The molecule has 0 saturated carbocycles. The van der Waals surface area contributed by atoms with E-state index in [1.165, 1.54) is 14.1 Å². The van der Waals surface area contributed by atoms with E-state index in [-0.39, 0.29) is 22.5 Å². The maximum Gasteiger partial charge on any atom is 0.303 e. The summed E-state index contributed by atoms with van der Waals surface area (Å²) >= 11 is 5.79. The van der Waals surface area contributed by atoms with Crippen molar-refractivity contribution in [1.82, 2.24) is 19.0 Å². The number of carbonyl (C=O) groups is 1. The zero-order valence-electron chi connectivity index (χ0n) is 12.0. The van der Waals surface area contributed by atoms with Crippen LogP contribution in [0.15, 0.2) is 4.99 Å². The molecule has 0 atom stereocenters. The average molecular weight is 351 g/mol. The summed E-state index contributed by atoms with van der Waals surface area (Å²) in [4.78, 5) is 22.8. The lowest BCUT2D eigenvalue weighted by Crippen LogP contribution is -2.43. The molecule has 1 rings (SSSR count). The lowest BCUT2D eigenvalue weighted by Gasteiger charge is -2.12. The summed E-state index contributed by atoms with van der Waals surface area (Å²) in [6.07, 6.45) is 0. The van der Waals surface area contributed by atoms with Gasteiger partial charge in [0.15, 0.2) is 22.5 Å². The van der Waals surface area contributed by atoms with Crippen molar-refractivity contribution in [2.45, 2.75) is 0 Å². The number of nitrogens with two attached hydrogens (primary N) is 2. The largest absolute Gasteiger partial charge is 0.382 e. The number of nitrogen functional groups attached to an aromatic ring is 1. The second-order valence-corrected chi connectivity index (χ2v) is 6.28. The normalized spacial score (nSPS) is 12.3. The van der Waals surface area contributed by atoms with E-state index in [1.54, 1.807) is 7.05 Å². The van der Waals surface area contributed by atoms with Crippen LogP contribution in [0.4, 0.5) is 11.6 Å². The minimum Gasteiger partial charge on any atom is -0.382 e. The van der Waals surface area contributed by atoms with E-state index in [0.29, 0.717) is 0 Å². The topological polar surface area (TPSA) is 169 Å². The fraction of sp³-hybridized carbons (Fsp3) is 0.333. The maximum absolute atomic E-state index is 11.9. The molecule has 1 amide bonds. The van der Waals surface area contributed by atoms with Gasteiger partial charge in [0, 0.05) is 21.1 Å². The van der Waals surface area contributed by atoms with Crippen molar-refractivity contribution in [3.8, 4) is 0 Å². The van der Waals surface area contributed by atoms with Crippen LogP contribution in [0.25, 0.3) is 0 Å². The first kappa shape index (κ1) is 17.9. The van der Waals surface area contributed by atoms with Gasteiger partial charge in [0.2, 0.25) is 5.96 Å². The Morgan fingerprint density at radius 2 is 1.95 bits per heavy atom. The number of aliphatic imine (C=N–C) groups is 1. The van der Waals surface area contributed by atoms with Crippen molar-refractivity contribution in [2.24, 2.45) is 10.7 Å². The molecule has 6 N–H and O–H groups in total. The summed E-state index contributed by atoms with van der Waals surface area (Å²) in [7, 11) is 0.212. The Morgan fingerprint density at radius 1 is 1.36 bits per heavy atom. The van der Waals surface area contributed by atoms with Crippen LogP contribution in [-0.2, 0) is 10.2 Å². The number of nitrogens with one attached hydrogen (secondary N) is 2. The monoisotopic (exact) mass is 350 g/mol. The third-order valence-electron chi connectivity index (χ3n) is 2.26. The minimum atomic E-state index is -3.88. The Kier molecular flexibility index (Phi) is 5.46. The molecule has 0 aliphatic carbocycles. The van der Waals surface area contributed by atoms with Crippen LogP contribution in [0.1, 0.15) is 10.5 Å². The van der Waals surface area contributed by atoms with E-state index < -0.39 is 22.1 Å². The Bertz CT molecular complexity index is 718. The fourth-order valence-electron chi connectivity index (χ4n) is 1.15. The van der Waals surface area contributed by atoms with Crippen molar-refractivity contribution in [3.63, 3.8) is 0 Å².